The van der Waals surface area contributed by atoms with Gasteiger partial charge >= 0.3 is 0 Å². The van der Waals surface area contributed by atoms with Crippen LogP contribution in [0.1, 0.15) is 27.7 Å². The Morgan fingerprint density at radius 1 is 1.25 bits per heavy atom. The van der Waals surface area contributed by atoms with Gasteiger partial charge in [-0.15, -0.1) is 11.3 Å². The fourth-order valence-corrected chi connectivity index (χ4v) is 3.00. The van der Waals surface area contributed by atoms with Gasteiger partial charge in [0.1, 0.15) is 0 Å². The zero-order valence-corrected chi connectivity index (χ0v) is 12.3. The number of thiophene rings is 1. The molecular weight excluding hydrogens is 266 g/mol. The second-order valence-electron chi connectivity index (χ2n) is 4.84. The number of aromatic nitrogens is 1. The molecule has 0 unspecified atom stereocenters. The monoisotopic (exact) mass is 281 g/mol. The van der Waals surface area contributed by atoms with E-state index in [0.717, 1.165) is 27.6 Å². The van der Waals surface area contributed by atoms with Gasteiger partial charge in [0.15, 0.2) is 5.78 Å². The minimum atomic E-state index is 0.0769. The first kappa shape index (κ1) is 12.9. The van der Waals surface area contributed by atoms with Crippen LogP contribution >= 0.6 is 11.3 Å². The largest absolute Gasteiger partial charge is 0.360 e. The Balaban J connectivity index is 2.00. The number of aromatic amines is 1. The average molecular weight is 281 g/mol. The molecule has 0 aliphatic carbocycles. The van der Waals surface area contributed by atoms with E-state index in [0.29, 0.717) is 0 Å². The van der Waals surface area contributed by atoms with Crippen LogP contribution in [0.5, 0.6) is 0 Å². The maximum absolute atomic E-state index is 12.6. The van der Waals surface area contributed by atoms with Crippen molar-refractivity contribution in [2.75, 3.05) is 0 Å². The van der Waals surface area contributed by atoms with Crippen molar-refractivity contribution in [3.05, 3.63) is 63.5 Å². The number of rotatable bonds is 3. The Morgan fingerprint density at radius 3 is 2.80 bits per heavy atom. The van der Waals surface area contributed by atoms with Crippen molar-refractivity contribution in [2.45, 2.75) is 13.8 Å². The van der Waals surface area contributed by atoms with E-state index in [-0.39, 0.29) is 5.78 Å². The van der Waals surface area contributed by atoms with Crippen molar-refractivity contribution in [1.29, 1.82) is 0 Å². The van der Waals surface area contributed by atoms with Crippen LogP contribution in [0.15, 0.2) is 47.5 Å². The van der Waals surface area contributed by atoms with Crippen molar-refractivity contribution in [1.82, 2.24) is 4.98 Å². The summed E-state index contributed by atoms with van der Waals surface area (Å²) in [6.45, 7) is 3.95. The molecule has 3 aromatic rings. The molecule has 0 bridgehead atoms. The van der Waals surface area contributed by atoms with Crippen LogP contribution in [-0.4, -0.2) is 10.8 Å². The van der Waals surface area contributed by atoms with Gasteiger partial charge in [0.2, 0.25) is 0 Å². The van der Waals surface area contributed by atoms with E-state index in [1.54, 1.807) is 17.5 Å². The number of hydrogen-bond acceptors (Lipinski definition) is 2. The van der Waals surface area contributed by atoms with Gasteiger partial charge in [0, 0.05) is 27.5 Å². The van der Waals surface area contributed by atoms with Crippen molar-refractivity contribution in [2.24, 2.45) is 0 Å². The van der Waals surface area contributed by atoms with Crippen LogP contribution in [0.3, 0.4) is 0 Å². The Morgan fingerprint density at radius 2 is 2.05 bits per heavy atom. The number of carbonyl (C=O) groups excluding carboxylic acids is 1. The predicted molar refractivity (Wildman–Crippen MR) is 85.3 cm³/mol. The van der Waals surface area contributed by atoms with Gasteiger partial charge in [-0.2, -0.15) is 0 Å². The number of nitrogens with one attached hydrogen (secondary N) is 1. The number of fused-ring (bicyclic) bond motifs is 1. The summed E-state index contributed by atoms with van der Waals surface area (Å²) < 4.78 is 0. The molecule has 0 aliphatic heterocycles. The van der Waals surface area contributed by atoms with Gasteiger partial charge in [-0.3, -0.25) is 4.79 Å². The van der Waals surface area contributed by atoms with E-state index < -0.39 is 0 Å². The first-order valence-corrected chi connectivity index (χ1v) is 7.38. The lowest BCUT2D eigenvalue weighted by Gasteiger charge is -2.00. The Bertz CT molecular complexity index is 807. The number of H-pyrrole nitrogens is 1. The topological polar surface area (TPSA) is 32.9 Å². The highest BCUT2D eigenvalue weighted by Crippen LogP contribution is 2.23. The molecule has 1 aromatic carbocycles. The van der Waals surface area contributed by atoms with Crippen LogP contribution in [-0.2, 0) is 0 Å². The lowest BCUT2D eigenvalue weighted by atomic mass is 10.0. The van der Waals surface area contributed by atoms with E-state index in [1.807, 2.05) is 48.7 Å². The number of hydrogen-bond donors (Lipinski definition) is 1. The Labute approximate surface area is 121 Å². The van der Waals surface area contributed by atoms with Crippen molar-refractivity contribution >= 4 is 34.1 Å². The van der Waals surface area contributed by atoms with Gasteiger partial charge in [0.05, 0.1) is 0 Å². The lowest BCUT2D eigenvalue weighted by Crippen LogP contribution is -1.99. The Kier molecular flexibility index (Phi) is 3.28. The van der Waals surface area contributed by atoms with Crippen LogP contribution in [0.25, 0.3) is 17.0 Å². The summed E-state index contributed by atoms with van der Waals surface area (Å²) in [7, 11) is 0. The van der Waals surface area contributed by atoms with E-state index in [9.17, 15) is 4.79 Å². The zero-order valence-electron chi connectivity index (χ0n) is 11.4. The molecule has 0 fully saturated rings. The zero-order chi connectivity index (χ0) is 14.1. The Hall–Kier alpha value is -2.13. The molecular formula is C17H15NOS. The summed E-state index contributed by atoms with van der Waals surface area (Å²) in [5, 5.41) is 3.03. The summed E-state index contributed by atoms with van der Waals surface area (Å²) in [6.07, 6.45) is 3.76. The predicted octanol–water partition coefficient (Wildman–Crippen LogP) is 4.82. The molecule has 2 aromatic heterocycles. The molecule has 20 heavy (non-hydrogen) atoms. The molecule has 2 nitrogen and oxygen atoms in total. The number of Topliss-reactive ketones (excluding diaryl/α,β-unsaturated/α-hetero) is 1. The number of benzene rings is 1. The number of para-hydroxylation sites is 1. The summed E-state index contributed by atoms with van der Waals surface area (Å²) in [5.41, 5.74) is 3.62. The molecule has 0 aliphatic rings. The normalized spacial score (nSPS) is 12.0. The van der Waals surface area contributed by atoms with Gasteiger partial charge in [-0.25, -0.2) is 0 Å². The molecule has 0 saturated heterocycles. The summed E-state index contributed by atoms with van der Waals surface area (Å²) in [5.74, 6) is 0.0769. The summed E-state index contributed by atoms with van der Waals surface area (Å²) in [4.78, 5) is 17.0. The first-order valence-electron chi connectivity index (χ1n) is 6.50. The number of aryl methyl sites for hydroxylation is 1. The molecule has 3 heteroatoms. The highest BCUT2D eigenvalue weighted by molar-refractivity contribution is 7.10. The maximum Gasteiger partial charge on any atom is 0.190 e. The number of ketones is 1. The number of allylic oxidation sites excluding steroid dienone is 1. The van der Waals surface area contributed by atoms with Crippen molar-refractivity contribution in [3.8, 4) is 0 Å². The molecule has 0 amide bonds. The molecule has 1 N–H and O–H groups in total. The third-order valence-corrected chi connectivity index (χ3v) is 4.32. The van der Waals surface area contributed by atoms with Gasteiger partial charge in [-0.1, -0.05) is 18.2 Å². The molecule has 0 spiro atoms. The minimum Gasteiger partial charge on any atom is -0.360 e. The SMILES string of the molecule is C/C(=C\c1ccsc1C)C(=O)c1c[nH]c2ccccc12. The smallest absolute Gasteiger partial charge is 0.190 e. The van der Waals surface area contributed by atoms with Crippen LogP contribution in [0, 0.1) is 6.92 Å². The van der Waals surface area contributed by atoms with Crippen LogP contribution < -0.4 is 0 Å². The molecule has 0 radical (unpaired) electrons. The van der Waals surface area contributed by atoms with E-state index >= 15 is 0 Å². The third-order valence-electron chi connectivity index (χ3n) is 3.46. The molecule has 0 atom stereocenters. The average Bonchev–Trinajstić information content (AvgIpc) is 3.05. The van der Waals surface area contributed by atoms with E-state index in [2.05, 4.69) is 11.9 Å². The van der Waals surface area contributed by atoms with Crippen molar-refractivity contribution in [3.63, 3.8) is 0 Å². The molecule has 2 heterocycles. The molecule has 3 rings (SSSR count). The fourth-order valence-electron chi connectivity index (χ4n) is 2.32. The van der Waals surface area contributed by atoms with Gasteiger partial charge in [-0.05, 0) is 48.6 Å². The maximum atomic E-state index is 12.6. The summed E-state index contributed by atoms with van der Waals surface area (Å²) in [6, 6.07) is 9.92. The van der Waals surface area contributed by atoms with Gasteiger partial charge < -0.3 is 4.98 Å². The highest BCUT2D eigenvalue weighted by atomic mass is 32.1. The summed E-state index contributed by atoms with van der Waals surface area (Å²) >= 11 is 1.70. The first-order chi connectivity index (χ1) is 9.66. The van der Waals surface area contributed by atoms with E-state index in [4.69, 9.17) is 0 Å². The fraction of sp³-hybridized carbons (Fsp3) is 0.118. The second-order valence-corrected chi connectivity index (χ2v) is 5.96. The molecule has 0 saturated carbocycles. The molecule has 100 valence electrons. The van der Waals surface area contributed by atoms with Crippen molar-refractivity contribution < 1.29 is 4.79 Å². The van der Waals surface area contributed by atoms with Crippen LogP contribution in [0.4, 0.5) is 0 Å². The van der Waals surface area contributed by atoms with Gasteiger partial charge in [0.25, 0.3) is 0 Å². The quantitative estimate of drug-likeness (QED) is 0.541. The second kappa shape index (κ2) is 5.10. The third kappa shape index (κ3) is 2.21. The lowest BCUT2D eigenvalue weighted by molar-refractivity contribution is 0.103. The number of carbonyl (C=O) groups is 1. The minimum absolute atomic E-state index is 0.0769. The highest BCUT2D eigenvalue weighted by Gasteiger charge is 2.13. The van der Waals surface area contributed by atoms with E-state index in [1.165, 1.54) is 4.88 Å². The van der Waals surface area contributed by atoms with Crippen LogP contribution in [0.2, 0.25) is 0 Å². The standard InChI is InChI=1S/C17H15NOS/c1-11(9-13-7-8-20-12(13)2)17(19)15-10-18-16-6-4-3-5-14(15)16/h3-10,18H,1-2H3/b11-9+.